The molecule has 96 valence electrons. The summed E-state index contributed by atoms with van der Waals surface area (Å²) in [7, 11) is 1.63. The molecule has 0 unspecified atom stereocenters. The number of rotatable bonds is 3. The SMILES string of the molecule is COc1ccc2nc(Sc3cncc(N)n3)[nH]c2c1. The van der Waals surface area contributed by atoms with E-state index in [0.717, 1.165) is 21.9 Å². The Morgan fingerprint density at radius 3 is 2.95 bits per heavy atom. The number of nitrogens with one attached hydrogen (secondary N) is 1. The van der Waals surface area contributed by atoms with Crippen LogP contribution in [0.3, 0.4) is 0 Å². The van der Waals surface area contributed by atoms with Crippen molar-refractivity contribution < 1.29 is 4.74 Å². The normalized spacial score (nSPS) is 10.8. The van der Waals surface area contributed by atoms with Crippen LogP contribution in [0.4, 0.5) is 5.82 Å². The predicted molar refractivity (Wildman–Crippen MR) is 73.2 cm³/mol. The van der Waals surface area contributed by atoms with Gasteiger partial charge in [0, 0.05) is 6.07 Å². The fourth-order valence-corrected chi connectivity index (χ4v) is 2.42. The Bertz CT molecular complexity index is 727. The summed E-state index contributed by atoms with van der Waals surface area (Å²) in [6.07, 6.45) is 3.16. The van der Waals surface area contributed by atoms with Crippen molar-refractivity contribution in [3.05, 3.63) is 30.6 Å². The first kappa shape index (κ1) is 11.8. The molecule has 19 heavy (non-hydrogen) atoms. The molecule has 0 saturated heterocycles. The standard InChI is InChI=1S/C12H11N5OS/c1-18-7-2-3-8-9(4-7)16-12(15-8)19-11-6-14-5-10(13)17-11/h2-6H,1H3,(H2,13,17)(H,15,16). The van der Waals surface area contributed by atoms with E-state index in [9.17, 15) is 0 Å². The number of H-pyrrole nitrogens is 1. The Hall–Kier alpha value is -2.28. The van der Waals surface area contributed by atoms with E-state index >= 15 is 0 Å². The molecule has 1 aromatic carbocycles. The molecule has 0 aliphatic heterocycles. The third-order valence-corrected chi connectivity index (χ3v) is 3.29. The molecule has 3 rings (SSSR count). The van der Waals surface area contributed by atoms with Gasteiger partial charge in [0.15, 0.2) is 5.16 Å². The number of hydrogen-bond donors (Lipinski definition) is 2. The first-order valence-corrected chi connectivity index (χ1v) is 6.35. The second-order valence-corrected chi connectivity index (χ2v) is 4.82. The van der Waals surface area contributed by atoms with Gasteiger partial charge in [-0.05, 0) is 23.9 Å². The maximum absolute atomic E-state index is 5.59. The highest BCUT2D eigenvalue weighted by Gasteiger charge is 2.07. The van der Waals surface area contributed by atoms with E-state index in [-0.39, 0.29) is 0 Å². The summed E-state index contributed by atoms with van der Waals surface area (Å²) in [6, 6.07) is 5.68. The molecule has 0 bridgehead atoms. The van der Waals surface area contributed by atoms with Crippen molar-refractivity contribution in [1.82, 2.24) is 19.9 Å². The van der Waals surface area contributed by atoms with Crippen molar-refractivity contribution in [1.29, 1.82) is 0 Å². The molecule has 0 amide bonds. The number of nitrogen functional groups attached to an aromatic ring is 1. The highest BCUT2D eigenvalue weighted by atomic mass is 32.2. The van der Waals surface area contributed by atoms with E-state index in [4.69, 9.17) is 10.5 Å². The van der Waals surface area contributed by atoms with E-state index in [1.807, 2.05) is 18.2 Å². The van der Waals surface area contributed by atoms with E-state index in [0.29, 0.717) is 10.8 Å². The number of hydrogen-bond acceptors (Lipinski definition) is 6. The fraction of sp³-hybridized carbons (Fsp3) is 0.0833. The Morgan fingerprint density at radius 1 is 1.26 bits per heavy atom. The van der Waals surface area contributed by atoms with Gasteiger partial charge in [-0.15, -0.1) is 0 Å². The molecule has 2 aromatic heterocycles. The van der Waals surface area contributed by atoms with Gasteiger partial charge in [-0.1, -0.05) is 0 Å². The summed E-state index contributed by atoms with van der Waals surface area (Å²) < 4.78 is 5.17. The summed E-state index contributed by atoms with van der Waals surface area (Å²) in [5.74, 6) is 1.18. The zero-order valence-corrected chi connectivity index (χ0v) is 10.9. The second kappa shape index (κ2) is 4.77. The van der Waals surface area contributed by atoms with Gasteiger partial charge in [0.25, 0.3) is 0 Å². The van der Waals surface area contributed by atoms with Crippen molar-refractivity contribution in [3.8, 4) is 5.75 Å². The van der Waals surface area contributed by atoms with E-state index < -0.39 is 0 Å². The van der Waals surface area contributed by atoms with Crippen molar-refractivity contribution in [3.63, 3.8) is 0 Å². The van der Waals surface area contributed by atoms with E-state index in [1.165, 1.54) is 18.0 Å². The number of methoxy groups -OCH3 is 1. The number of fused-ring (bicyclic) bond motifs is 1. The van der Waals surface area contributed by atoms with E-state index in [1.54, 1.807) is 13.3 Å². The monoisotopic (exact) mass is 273 g/mol. The van der Waals surface area contributed by atoms with Crippen LogP contribution in [0.25, 0.3) is 11.0 Å². The molecule has 3 aromatic rings. The maximum atomic E-state index is 5.59. The quantitative estimate of drug-likeness (QED) is 0.759. The Balaban J connectivity index is 1.93. The number of imidazole rings is 1. The lowest BCUT2D eigenvalue weighted by Gasteiger charge is -1.97. The summed E-state index contributed by atoms with van der Waals surface area (Å²) in [4.78, 5) is 15.8. The first-order chi connectivity index (χ1) is 9.24. The Morgan fingerprint density at radius 2 is 2.16 bits per heavy atom. The van der Waals surface area contributed by atoms with Crippen LogP contribution in [0.15, 0.2) is 40.8 Å². The van der Waals surface area contributed by atoms with Crippen LogP contribution in [0, 0.1) is 0 Å². The smallest absolute Gasteiger partial charge is 0.172 e. The van der Waals surface area contributed by atoms with Crippen LogP contribution < -0.4 is 10.5 Å². The van der Waals surface area contributed by atoms with Crippen molar-refractivity contribution in [2.45, 2.75) is 10.2 Å². The Kier molecular flexibility index (Phi) is 2.96. The fourth-order valence-electron chi connectivity index (χ4n) is 1.65. The minimum atomic E-state index is 0.391. The number of ether oxygens (including phenoxy) is 1. The summed E-state index contributed by atoms with van der Waals surface area (Å²) >= 11 is 1.38. The van der Waals surface area contributed by atoms with Crippen LogP contribution in [0.1, 0.15) is 0 Å². The molecule has 0 saturated carbocycles. The summed E-state index contributed by atoms with van der Waals surface area (Å²) in [6.45, 7) is 0. The predicted octanol–water partition coefficient (Wildman–Crippen LogP) is 2.09. The van der Waals surface area contributed by atoms with Gasteiger partial charge in [-0.3, -0.25) is 4.98 Å². The maximum Gasteiger partial charge on any atom is 0.172 e. The molecule has 0 radical (unpaired) electrons. The van der Waals surface area contributed by atoms with Crippen LogP contribution in [0.5, 0.6) is 5.75 Å². The summed E-state index contributed by atoms with van der Waals surface area (Å²) in [5.41, 5.74) is 7.38. The first-order valence-electron chi connectivity index (χ1n) is 5.54. The molecular weight excluding hydrogens is 262 g/mol. The number of benzene rings is 1. The summed E-state index contributed by atoms with van der Waals surface area (Å²) in [5, 5.41) is 1.44. The lowest BCUT2D eigenvalue weighted by atomic mass is 10.3. The lowest BCUT2D eigenvalue weighted by Crippen LogP contribution is -1.92. The van der Waals surface area contributed by atoms with Gasteiger partial charge in [0.1, 0.15) is 16.6 Å². The number of anilines is 1. The van der Waals surface area contributed by atoms with Gasteiger partial charge in [0.2, 0.25) is 0 Å². The number of aromatic amines is 1. The third-order valence-electron chi connectivity index (χ3n) is 2.50. The molecule has 2 heterocycles. The molecule has 0 atom stereocenters. The number of aromatic nitrogens is 4. The minimum Gasteiger partial charge on any atom is -0.497 e. The highest BCUT2D eigenvalue weighted by Crippen LogP contribution is 2.27. The van der Waals surface area contributed by atoms with Crippen LogP contribution in [-0.2, 0) is 0 Å². The van der Waals surface area contributed by atoms with Gasteiger partial charge in [0.05, 0.1) is 30.5 Å². The molecule has 0 spiro atoms. The van der Waals surface area contributed by atoms with Gasteiger partial charge >= 0.3 is 0 Å². The lowest BCUT2D eigenvalue weighted by molar-refractivity contribution is 0.415. The van der Waals surface area contributed by atoms with E-state index in [2.05, 4.69) is 19.9 Å². The van der Waals surface area contributed by atoms with Crippen LogP contribution in [0.2, 0.25) is 0 Å². The molecule has 3 N–H and O–H groups in total. The van der Waals surface area contributed by atoms with Crippen molar-refractivity contribution >= 4 is 28.6 Å². The Labute approximate surface area is 113 Å². The molecular formula is C12H11N5OS. The average Bonchev–Trinajstić information content (AvgIpc) is 2.79. The largest absolute Gasteiger partial charge is 0.497 e. The topological polar surface area (TPSA) is 89.7 Å². The molecule has 0 aliphatic carbocycles. The number of nitrogens with two attached hydrogens (primary N) is 1. The van der Waals surface area contributed by atoms with Crippen molar-refractivity contribution in [2.24, 2.45) is 0 Å². The van der Waals surface area contributed by atoms with Gasteiger partial charge in [-0.25, -0.2) is 9.97 Å². The zero-order valence-electron chi connectivity index (χ0n) is 10.1. The highest BCUT2D eigenvalue weighted by molar-refractivity contribution is 7.99. The second-order valence-electron chi connectivity index (χ2n) is 3.81. The van der Waals surface area contributed by atoms with Crippen LogP contribution >= 0.6 is 11.8 Å². The minimum absolute atomic E-state index is 0.391. The van der Waals surface area contributed by atoms with Crippen LogP contribution in [-0.4, -0.2) is 27.0 Å². The average molecular weight is 273 g/mol. The van der Waals surface area contributed by atoms with Crippen molar-refractivity contribution in [2.75, 3.05) is 12.8 Å². The van der Waals surface area contributed by atoms with Gasteiger partial charge in [-0.2, -0.15) is 0 Å². The molecule has 7 heteroatoms. The third kappa shape index (κ3) is 2.45. The molecule has 0 aliphatic rings. The van der Waals surface area contributed by atoms with Gasteiger partial charge < -0.3 is 15.5 Å². The zero-order chi connectivity index (χ0) is 13.2. The molecule has 0 fully saturated rings. The number of nitrogens with zero attached hydrogens (tertiary/aromatic N) is 3. The molecule has 6 nitrogen and oxygen atoms in total.